The molecule has 0 aliphatic carbocycles. The maximum atomic E-state index is 12.1. The number of nitrogens with zero attached hydrogens (tertiary/aromatic N) is 3. The van der Waals surface area contributed by atoms with Crippen LogP contribution in [0.1, 0.15) is 16.8 Å². The molecule has 5 heteroatoms. The van der Waals surface area contributed by atoms with E-state index in [-0.39, 0.29) is 12.2 Å². The van der Waals surface area contributed by atoms with Crippen molar-refractivity contribution in [2.24, 2.45) is 12.0 Å². The highest BCUT2D eigenvalue weighted by Gasteiger charge is 2.15. The number of carbonyl (C=O) groups is 1. The van der Waals surface area contributed by atoms with Crippen molar-refractivity contribution in [3.8, 4) is 0 Å². The van der Waals surface area contributed by atoms with E-state index in [0.717, 1.165) is 11.0 Å². The summed E-state index contributed by atoms with van der Waals surface area (Å²) in [6.07, 6.45) is 1.97. The Morgan fingerprint density at radius 3 is 3.17 bits per heavy atom. The number of hydrogen-bond donors (Lipinski definition) is 0. The van der Waals surface area contributed by atoms with Gasteiger partial charge in [0.25, 0.3) is 0 Å². The Balaban J connectivity index is 1.87. The van der Waals surface area contributed by atoms with Crippen LogP contribution < -0.4 is 0 Å². The molecular formula is C13H13N3O2. The van der Waals surface area contributed by atoms with E-state index in [1.807, 2.05) is 29.8 Å². The van der Waals surface area contributed by atoms with Crippen molar-refractivity contribution < 1.29 is 9.53 Å². The summed E-state index contributed by atoms with van der Waals surface area (Å²) in [7, 11) is 1.93. The molecule has 3 rings (SSSR count). The second-order valence-corrected chi connectivity index (χ2v) is 4.28. The van der Waals surface area contributed by atoms with Gasteiger partial charge < -0.3 is 9.30 Å². The minimum atomic E-state index is 0.0169. The number of aliphatic imine (C=N–C) groups is 1. The first kappa shape index (κ1) is 11.0. The van der Waals surface area contributed by atoms with E-state index in [2.05, 4.69) is 9.98 Å². The summed E-state index contributed by atoms with van der Waals surface area (Å²) in [5, 5.41) is 0. The van der Waals surface area contributed by atoms with Crippen LogP contribution >= 0.6 is 0 Å². The number of carbonyl (C=O) groups excluding carboxylic acids is 1. The number of aryl methyl sites for hydroxylation is 1. The predicted molar refractivity (Wildman–Crippen MR) is 67.9 cm³/mol. The summed E-state index contributed by atoms with van der Waals surface area (Å²) in [6, 6.07) is 5.54. The van der Waals surface area contributed by atoms with Crippen molar-refractivity contribution in [2.45, 2.75) is 6.42 Å². The Morgan fingerprint density at radius 1 is 1.50 bits per heavy atom. The third-order valence-electron chi connectivity index (χ3n) is 3.01. The molecule has 1 aromatic heterocycles. The normalized spacial score (nSPS) is 14.6. The topological polar surface area (TPSA) is 56.5 Å². The van der Waals surface area contributed by atoms with Gasteiger partial charge in [-0.25, -0.2) is 4.98 Å². The van der Waals surface area contributed by atoms with Crippen molar-refractivity contribution in [2.75, 3.05) is 13.2 Å². The molecule has 92 valence electrons. The van der Waals surface area contributed by atoms with E-state index in [9.17, 15) is 4.79 Å². The zero-order valence-corrected chi connectivity index (χ0v) is 10.1. The second-order valence-electron chi connectivity index (χ2n) is 4.28. The first-order valence-electron chi connectivity index (χ1n) is 5.84. The number of ether oxygens (including phenoxy) is 1. The lowest BCUT2D eigenvalue weighted by Gasteiger charge is -2.02. The Labute approximate surface area is 104 Å². The van der Waals surface area contributed by atoms with Crippen LogP contribution in [0.5, 0.6) is 0 Å². The molecule has 0 radical (unpaired) electrons. The van der Waals surface area contributed by atoms with Crippen LogP contribution in [-0.2, 0) is 11.8 Å². The lowest BCUT2D eigenvalue weighted by atomic mass is 10.1. The van der Waals surface area contributed by atoms with Gasteiger partial charge in [-0.2, -0.15) is 0 Å². The molecule has 0 fully saturated rings. The molecule has 1 aliphatic rings. The van der Waals surface area contributed by atoms with E-state index in [1.165, 1.54) is 0 Å². The van der Waals surface area contributed by atoms with Crippen molar-refractivity contribution in [3.05, 3.63) is 30.1 Å². The smallest absolute Gasteiger partial charge is 0.191 e. The minimum Gasteiger partial charge on any atom is -0.479 e. The fourth-order valence-corrected chi connectivity index (χ4v) is 2.04. The molecule has 0 saturated heterocycles. The summed E-state index contributed by atoms with van der Waals surface area (Å²) in [4.78, 5) is 20.4. The summed E-state index contributed by atoms with van der Waals surface area (Å²) < 4.78 is 7.17. The number of ketones is 1. The van der Waals surface area contributed by atoms with Crippen LogP contribution in [0, 0.1) is 0 Å². The van der Waals surface area contributed by atoms with Crippen molar-refractivity contribution in [1.82, 2.24) is 9.55 Å². The number of fused-ring (bicyclic) bond motifs is 1. The highest BCUT2D eigenvalue weighted by Crippen LogP contribution is 2.15. The van der Waals surface area contributed by atoms with Crippen molar-refractivity contribution in [3.63, 3.8) is 0 Å². The number of benzene rings is 1. The van der Waals surface area contributed by atoms with Gasteiger partial charge in [-0.3, -0.25) is 9.79 Å². The van der Waals surface area contributed by atoms with Crippen LogP contribution in [0.4, 0.5) is 0 Å². The second kappa shape index (κ2) is 4.25. The molecule has 0 spiro atoms. The fraction of sp³-hybridized carbons (Fsp3) is 0.308. The third-order valence-corrected chi connectivity index (χ3v) is 3.01. The van der Waals surface area contributed by atoms with Crippen LogP contribution in [-0.4, -0.2) is 34.4 Å². The highest BCUT2D eigenvalue weighted by molar-refractivity contribution is 6.08. The minimum absolute atomic E-state index is 0.0169. The summed E-state index contributed by atoms with van der Waals surface area (Å²) in [6.45, 7) is 1.24. The maximum Gasteiger partial charge on any atom is 0.191 e. The van der Waals surface area contributed by atoms with Gasteiger partial charge in [0.05, 0.1) is 30.3 Å². The van der Waals surface area contributed by atoms with Gasteiger partial charge in [0.1, 0.15) is 6.61 Å². The summed E-state index contributed by atoms with van der Waals surface area (Å²) in [5.74, 6) is 0.560. The van der Waals surface area contributed by atoms with Crippen LogP contribution in [0.15, 0.2) is 29.5 Å². The zero-order chi connectivity index (χ0) is 12.5. The van der Waals surface area contributed by atoms with Gasteiger partial charge in [0, 0.05) is 12.6 Å². The first-order valence-corrected chi connectivity index (χ1v) is 5.84. The van der Waals surface area contributed by atoms with Gasteiger partial charge >= 0.3 is 0 Å². The van der Waals surface area contributed by atoms with Crippen LogP contribution in [0.25, 0.3) is 11.0 Å². The van der Waals surface area contributed by atoms with Gasteiger partial charge in [0.2, 0.25) is 0 Å². The van der Waals surface area contributed by atoms with E-state index in [1.54, 1.807) is 6.33 Å². The zero-order valence-electron chi connectivity index (χ0n) is 10.1. The van der Waals surface area contributed by atoms with E-state index in [0.29, 0.717) is 24.6 Å². The third kappa shape index (κ3) is 1.88. The fourth-order valence-electron chi connectivity index (χ4n) is 2.04. The molecule has 2 aromatic rings. The Kier molecular flexibility index (Phi) is 2.59. The molecule has 0 atom stereocenters. The lowest BCUT2D eigenvalue weighted by molar-refractivity contribution is 0.0995. The molecule has 0 saturated carbocycles. The molecule has 0 unspecified atom stereocenters. The number of hydrogen-bond acceptors (Lipinski definition) is 4. The quantitative estimate of drug-likeness (QED) is 0.769. The van der Waals surface area contributed by atoms with Gasteiger partial charge in [0.15, 0.2) is 11.7 Å². The predicted octanol–water partition coefficient (Wildman–Crippen LogP) is 1.57. The summed E-state index contributed by atoms with van der Waals surface area (Å²) >= 11 is 0. The standard InChI is InChI=1S/C13H13N3O2/c1-16-8-15-10-6-9(2-3-11(10)16)12(17)7-13-14-4-5-18-13/h2-3,6,8H,4-5,7H2,1H3. The molecule has 0 bridgehead atoms. The van der Waals surface area contributed by atoms with E-state index >= 15 is 0 Å². The van der Waals surface area contributed by atoms with Crippen LogP contribution in [0.2, 0.25) is 0 Å². The molecule has 5 nitrogen and oxygen atoms in total. The molecule has 18 heavy (non-hydrogen) atoms. The number of imidazole rings is 1. The number of rotatable bonds is 3. The van der Waals surface area contributed by atoms with Gasteiger partial charge in [-0.05, 0) is 18.2 Å². The molecule has 0 N–H and O–H groups in total. The molecule has 2 heterocycles. The van der Waals surface area contributed by atoms with E-state index in [4.69, 9.17) is 4.74 Å². The lowest BCUT2D eigenvalue weighted by Crippen LogP contribution is -2.08. The average molecular weight is 243 g/mol. The largest absolute Gasteiger partial charge is 0.479 e. The average Bonchev–Trinajstić information content (AvgIpc) is 2.99. The first-order chi connectivity index (χ1) is 8.74. The Bertz CT molecular complexity index is 643. The number of aromatic nitrogens is 2. The molecular weight excluding hydrogens is 230 g/mol. The highest BCUT2D eigenvalue weighted by atomic mass is 16.5. The molecule has 0 amide bonds. The van der Waals surface area contributed by atoms with E-state index < -0.39 is 0 Å². The summed E-state index contributed by atoms with van der Waals surface area (Å²) in [5.41, 5.74) is 2.50. The monoisotopic (exact) mass is 243 g/mol. The molecule has 1 aliphatic heterocycles. The van der Waals surface area contributed by atoms with Gasteiger partial charge in [-0.1, -0.05) is 0 Å². The Morgan fingerprint density at radius 2 is 2.39 bits per heavy atom. The Hall–Kier alpha value is -2.17. The molecule has 1 aromatic carbocycles. The SMILES string of the molecule is Cn1cnc2cc(C(=O)CC3=NCCO3)ccc21. The van der Waals surface area contributed by atoms with Crippen LogP contribution in [0.3, 0.4) is 0 Å². The van der Waals surface area contributed by atoms with Crippen molar-refractivity contribution >= 4 is 22.7 Å². The van der Waals surface area contributed by atoms with Crippen molar-refractivity contribution in [1.29, 1.82) is 0 Å². The van der Waals surface area contributed by atoms with Gasteiger partial charge in [-0.15, -0.1) is 0 Å². The number of Topliss-reactive ketones (excluding diaryl/α,β-unsaturated/α-hetero) is 1. The maximum absolute atomic E-state index is 12.1.